The summed E-state index contributed by atoms with van der Waals surface area (Å²) in [6.07, 6.45) is 12.9. The molecule has 0 aromatic heterocycles. The van der Waals surface area contributed by atoms with E-state index in [9.17, 15) is 0 Å². The largest absolute Gasteiger partial charge is 0.375 e. The smallest absolute Gasteiger partial charge is 0.0585 e. The minimum absolute atomic E-state index is 0.402. The summed E-state index contributed by atoms with van der Waals surface area (Å²) in [5.74, 6) is 0.970. The fourth-order valence-electron chi connectivity index (χ4n) is 4.00. The molecule has 2 N–H and O–H groups in total. The second-order valence-electron chi connectivity index (χ2n) is 6.79. The zero-order chi connectivity index (χ0) is 13.0. The van der Waals surface area contributed by atoms with E-state index in [-0.39, 0.29) is 0 Å². The van der Waals surface area contributed by atoms with Crippen molar-refractivity contribution in [2.75, 3.05) is 6.54 Å². The summed E-state index contributed by atoms with van der Waals surface area (Å²) in [7, 11) is 0. The predicted molar refractivity (Wildman–Crippen MR) is 76.5 cm³/mol. The third-order valence-corrected chi connectivity index (χ3v) is 5.28. The summed E-state index contributed by atoms with van der Waals surface area (Å²) >= 11 is 0. The molecular formula is C16H31NO. The van der Waals surface area contributed by atoms with Crippen molar-refractivity contribution in [2.24, 2.45) is 17.1 Å². The van der Waals surface area contributed by atoms with Crippen LogP contribution in [0.1, 0.15) is 71.6 Å². The molecule has 2 fully saturated rings. The van der Waals surface area contributed by atoms with Gasteiger partial charge in [-0.1, -0.05) is 19.8 Å². The zero-order valence-corrected chi connectivity index (χ0v) is 12.3. The topological polar surface area (TPSA) is 35.2 Å². The van der Waals surface area contributed by atoms with E-state index in [0.29, 0.717) is 17.6 Å². The molecule has 2 rings (SSSR count). The number of hydrogen-bond acceptors (Lipinski definition) is 2. The van der Waals surface area contributed by atoms with E-state index in [1.54, 1.807) is 0 Å². The average molecular weight is 253 g/mol. The van der Waals surface area contributed by atoms with E-state index >= 15 is 0 Å². The van der Waals surface area contributed by atoms with Gasteiger partial charge in [-0.25, -0.2) is 0 Å². The molecule has 2 atom stereocenters. The fraction of sp³-hybridized carbons (Fsp3) is 1.00. The molecule has 1 heterocycles. The van der Waals surface area contributed by atoms with E-state index in [2.05, 4.69) is 13.8 Å². The van der Waals surface area contributed by atoms with Gasteiger partial charge in [-0.15, -0.1) is 0 Å². The first-order valence-corrected chi connectivity index (χ1v) is 8.03. The van der Waals surface area contributed by atoms with Crippen LogP contribution in [0, 0.1) is 11.3 Å². The maximum absolute atomic E-state index is 6.11. The highest BCUT2D eigenvalue weighted by atomic mass is 16.5. The van der Waals surface area contributed by atoms with Gasteiger partial charge in [0.1, 0.15) is 0 Å². The molecule has 2 heteroatoms. The van der Waals surface area contributed by atoms with E-state index in [1.165, 1.54) is 57.8 Å². The first kappa shape index (κ1) is 14.3. The lowest BCUT2D eigenvalue weighted by molar-refractivity contribution is 0.00795. The highest BCUT2D eigenvalue weighted by Gasteiger charge is 2.37. The number of nitrogens with two attached hydrogens (primary N) is 1. The molecular weight excluding hydrogens is 222 g/mol. The predicted octanol–water partition coefficient (Wildman–Crippen LogP) is 3.88. The maximum Gasteiger partial charge on any atom is 0.0585 e. The highest BCUT2D eigenvalue weighted by molar-refractivity contribution is 4.90. The van der Waals surface area contributed by atoms with Gasteiger partial charge in [0.2, 0.25) is 0 Å². The monoisotopic (exact) mass is 253 g/mol. The molecule has 0 amide bonds. The lowest BCUT2D eigenvalue weighted by Gasteiger charge is -2.41. The van der Waals surface area contributed by atoms with Gasteiger partial charge >= 0.3 is 0 Å². The van der Waals surface area contributed by atoms with Crippen molar-refractivity contribution in [2.45, 2.75) is 83.8 Å². The van der Waals surface area contributed by atoms with E-state index < -0.39 is 0 Å². The average Bonchev–Trinajstić information content (AvgIpc) is 2.78. The van der Waals surface area contributed by atoms with Crippen LogP contribution in [0.5, 0.6) is 0 Å². The van der Waals surface area contributed by atoms with Crippen molar-refractivity contribution in [1.29, 1.82) is 0 Å². The number of hydrogen-bond donors (Lipinski definition) is 1. The Labute approximate surface area is 113 Å². The Morgan fingerprint density at radius 2 is 1.89 bits per heavy atom. The molecule has 0 radical (unpaired) electrons. The maximum atomic E-state index is 6.11. The Hall–Kier alpha value is -0.0800. The standard InChI is InChI=1S/C16H31NO/c1-3-4-14-7-9-16(12-17,10-8-14)11-15-6-5-13(2)18-15/h13-15H,3-12,17H2,1-2H3. The van der Waals surface area contributed by atoms with Crippen molar-refractivity contribution in [3.63, 3.8) is 0 Å². The van der Waals surface area contributed by atoms with Gasteiger partial charge in [0.25, 0.3) is 0 Å². The van der Waals surface area contributed by atoms with E-state index in [4.69, 9.17) is 10.5 Å². The molecule has 0 bridgehead atoms. The van der Waals surface area contributed by atoms with Crippen LogP contribution in [0.25, 0.3) is 0 Å². The number of rotatable bonds is 5. The highest BCUT2D eigenvalue weighted by Crippen LogP contribution is 2.44. The minimum atomic E-state index is 0.402. The van der Waals surface area contributed by atoms with Gasteiger partial charge in [0.05, 0.1) is 12.2 Å². The Bertz CT molecular complexity index is 245. The van der Waals surface area contributed by atoms with E-state index in [0.717, 1.165) is 12.5 Å². The summed E-state index contributed by atoms with van der Waals surface area (Å²) in [5, 5.41) is 0. The normalized spacial score (nSPS) is 41.2. The molecule has 0 aromatic carbocycles. The van der Waals surface area contributed by atoms with Gasteiger partial charge in [0, 0.05) is 0 Å². The van der Waals surface area contributed by atoms with Crippen molar-refractivity contribution in [3.05, 3.63) is 0 Å². The van der Waals surface area contributed by atoms with Crippen LogP contribution >= 0.6 is 0 Å². The summed E-state index contributed by atoms with van der Waals surface area (Å²) in [5.41, 5.74) is 6.52. The Morgan fingerprint density at radius 1 is 1.17 bits per heavy atom. The molecule has 2 aliphatic rings. The van der Waals surface area contributed by atoms with Crippen molar-refractivity contribution in [1.82, 2.24) is 0 Å². The second-order valence-corrected chi connectivity index (χ2v) is 6.79. The Kier molecular flexibility index (Phi) is 5.08. The molecule has 1 saturated carbocycles. The van der Waals surface area contributed by atoms with Crippen LogP contribution in [-0.4, -0.2) is 18.8 Å². The summed E-state index contributed by atoms with van der Waals surface area (Å²) in [6.45, 7) is 5.37. The molecule has 2 unspecified atom stereocenters. The second kappa shape index (κ2) is 6.38. The van der Waals surface area contributed by atoms with Gasteiger partial charge in [-0.2, -0.15) is 0 Å². The van der Waals surface area contributed by atoms with Gasteiger partial charge < -0.3 is 10.5 Å². The van der Waals surface area contributed by atoms with Crippen LogP contribution in [0.15, 0.2) is 0 Å². The molecule has 106 valence electrons. The summed E-state index contributed by atoms with van der Waals surface area (Å²) in [6, 6.07) is 0. The van der Waals surface area contributed by atoms with E-state index in [1.807, 2.05) is 0 Å². The fourth-order valence-corrected chi connectivity index (χ4v) is 4.00. The summed E-state index contributed by atoms with van der Waals surface area (Å²) < 4.78 is 6.01. The van der Waals surface area contributed by atoms with Crippen LogP contribution < -0.4 is 5.73 Å². The number of ether oxygens (including phenoxy) is 1. The third-order valence-electron chi connectivity index (χ3n) is 5.28. The molecule has 2 nitrogen and oxygen atoms in total. The first-order valence-electron chi connectivity index (χ1n) is 8.03. The Balaban J connectivity index is 1.84. The van der Waals surface area contributed by atoms with Gasteiger partial charge in [-0.3, -0.25) is 0 Å². The van der Waals surface area contributed by atoms with Crippen LogP contribution in [0.2, 0.25) is 0 Å². The first-order chi connectivity index (χ1) is 8.67. The molecule has 1 saturated heterocycles. The van der Waals surface area contributed by atoms with Crippen molar-refractivity contribution in [3.8, 4) is 0 Å². The quantitative estimate of drug-likeness (QED) is 0.807. The lowest BCUT2D eigenvalue weighted by atomic mass is 9.67. The SMILES string of the molecule is CCCC1CCC(CN)(CC2CCC(C)O2)CC1. The molecule has 18 heavy (non-hydrogen) atoms. The molecule has 0 aromatic rings. The van der Waals surface area contributed by atoms with Gasteiger partial charge in [-0.05, 0) is 69.7 Å². The van der Waals surface area contributed by atoms with Crippen LogP contribution in [-0.2, 0) is 4.74 Å². The minimum Gasteiger partial charge on any atom is -0.375 e. The van der Waals surface area contributed by atoms with Crippen molar-refractivity contribution < 1.29 is 4.74 Å². The van der Waals surface area contributed by atoms with Crippen LogP contribution in [0.4, 0.5) is 0 Å². The zero-order valence-electron chi connectivity index (χ0n) is 12.3. The molecule has 0 spiro atoms. The molecule has 1 aliphatic heterocycles. The van der Waals surface area contributed by atoms with Gasteiger partial charge in [0.15, 0.2) is 0 Å². The third kappa shape index (κ3) is 3.48. The molecule has 1 aliphatic carbocycles. The Morgan fingerprint density at radius 3 is 2.39 bits per heavy atom. The summed E-state index contributed by atoms with van der Waals surface area (Å²) in [4.78, 5) is 0. The van der Waals surface area contributed by atoms with Crippen LogP contribution in [0.3, 0.4) is 0 Å². The lowest BCUT2D eigenvalue weighted by Crippen LogP contribution is -2.38. The van der Waals surface area contributed by atoms with Crippen molar-refractivity contribution >= 4 is 0 Å².